The number of pyridine rings is 1. The molecule has 12 heteroatoms. The molecule has 2 amide bonds. The smallest absolute Gasteiger partial charge is 0.417 e. The normalized spacial score (nSPS) is 17.3. The highest BCUT2D eigenvalue weighted by Crippen LogP contribution is 2.37. The number of benzene rings is 2. The Kier molecular flexibility index (Phi) is 8.14. The van der Waals surface area contributed by atoms with Gasteiger partial charge in [-0.3, -0.25) is 14.4 Å². The minimum atomic E-state index is -4.60. The highest BCUT2D eigenvalue weighted by atomic mass is 19.4. The zero-order valence-corrected chi connectivity index (χ0v) is 22.9. The number of aromatic amines is 1. The zero-order valence-electron chi connectivity index (χ0n) is 22.9. The molecular formula is C29H30F3N3O6. The third-order valence-corrected chi connectivity index (χ3v) is 6.50. The molecule has 0 radical (unpaired) electrons. The summed E-state index contributed by atoms with van der Waals surface area (Å²) in [5.74, 6) is -1.61. The molecule has 1 fully saturated rings. The molecule has 0 spiro atoms. The van der Waals surface area contributed by atoms with Crippen LogP contribution in [0.4, 0.5) is 18.0 Å². The maximum absolute atomic E-state index is 13.5. The van der Waals surface area contributed by atoms with Crippen LogP contribution in [-0.2, 0) is 25.2 Å². The number of rotatable bonds is 6. The van der Waals surface area contributed by atoms with Gasteiger partial charge >= 0.3 is 18.2 Å². The van der Waals surface area contributed by atoms with Crippen molar-refractivity contribution in [3.05, 3.63) is 70.0 Å². The molecule has 2 atom stereocenters. The molecule has 1 aliphatic heterocycles. The van der Waals surface area contributed by atoms with Crippen LogP contribution >= 0.6 is 0 Å². The lowest BCUT2D eigenvalue weighted by atomic mass is 9.93. The summed E-state index contributed by atoms with van der Waals surface area (Å²) in [7, 11) is 1.40. The van der Waals surface area contributed by atoms with Crippen LogP contribution in [0.3, 0.4) is 0 Å². The van der Waals surface area contributed by atoms with E-state index in [4.69, 9.17) is 9.47 Å². The number of carbonyl (C=O) groups excluding carboxylic acids is 3. The minimum Gasteiger partial charge on any atom is -0.462 e. The van der Waals surface area contributed by atoms with E-state index >= 15 is 0 Å². The van der Waals surface area contributed by atoms with Gasteiger partial charge in [-0.2, -0.15) is 13.2 Å². The Balaban J connectivity index is 1.44. The predicted octanol–water partition coefficient (Wildman–Crippen LogP) is 4.60. The van der Waals surface area contributed by atoms with E-state index in [0.717, 1.165) is 11.0 Å². The first kappa shape index (κ1) is 29.6. The van der Waals surface area contributed by atoms with E-state index in [2.05, 4.69) is 10.3 Å². The lowest BCUT2D eigenvalue weighted by molar-refractivity contribution is -0.145. The number of hydrogen-bond donors (Lipinski definition) is 2. The lowest BCUT2D eigenvalue weighted by Crippen LogP contribution is -2.38. The van der Waals surface area contributed by atoms with E-state index < -0.39 is 46.9 Å². The number of alkyl halides is 3. The Bertz CT molecular complexity index is 1540. The first-order chi connectivity index (χ1) is 19.1. The fourth-order valence-corrected chi connectivity index (χ4v) is 4.59. The summed E-state index contributed by atoms with van der Waals surface area (Å²) in [6, 6.07) is 10.7. The van der Waals surface area contributed by atoms with E-state index in [1.807, 2.05) is 0 Å². The Labute approximate surface area is 233 Å². The van der Waals surface area contributed by atoms with E-state index in [-0.39, 0.29) is 42.1 Å². The van der Waals surface area contributed by atoms with Gasteiger partial charge in [-0.25, -0.2) is 4.79 Å². The maximum Gasteiger partial charge on any atom is 0.417 e. The maximum atomic E-state index is 13.5. The molecule has 218 valence electrons. The standard InChI is InChI=1S/C29H30F3N3O6/c1-28(2,3)41-27(39)35(4)14-24(36)40-15-18-13-21(25(37)33-18)16-9-10-17-12-23(34-26(38)20(17)11-16)19-7-5-6-8-22(19)29(30,31)32/h5-12,18,21H,13-15H2,1-4H3,(H,33,37)(H,34,38)/t18?,21-/m1/s1. The molecule has 1 aliphatic rings. The highest BCUT2D eigenvalue weighted by Gasteiger charge is 2.35. The van der Waals surface area contributed by atoms with Crippen LogP contribution in [0.15, 0.2) is 53.3 Å². The van der Waals surface area contributed by atoms with Gasteiger partial charge in [0.25, 0.3) is 5.56 Å². The third kappa shape index (κ3) is 7.05. The monoisotopic (exact) mass is 573 g/mol. The van der Waals surface area contributed by atoms with Crippen molar-refractivity contribution < 1.29 is 37.0 Å². The van der Waals surface area contributed by atoms with Gasteiger partial charge in [-0.1, -0.05) is 30.3 Å². The molecular weight excluding hydrogens is 543 g/mol. The fraction of sp³-hybridized carbons (Fsp3) is 0.379. The number of likely N-dealkylation sites (N-methyl/N-ethyl adjacent to an activating group) is 1. The van der Waals surface area contributed by atoms with E-state index in [0.29, 0.717) is 10.9 Å². The summed E-state index contributed by atoms with van der Waals surface area (Å²) in [6.07, 6.45) is -4.98. The summed E-state index contributed by atoms with van der Waals surface area (Å²) < 4.78 is 51.0. The van der Waals surface area contributed by atoms with Crippen molar-refractivity contribution in [1.82, 2.24) is 15.2 Å². The van der Waals surface area contributed by atoms with Gasteiger partial charge in [-0.05, 0) is 56.3 Å². The van der Waals surface area contributed by atoms with Crippen molar-refractivity contribution in [2.75, 3.05) is 20.2 Å². The Hall–Kier alpha value is -4.35. The van der Waals surface area contributed by atoms with Crippen LogP contribution in [-0.4, -0.2) is 59.7 Å². The number of esters is 1. The molecule has 3 aromatic rings. The second-order valence-corrected chi connectivity index (χ2v) is 10.9. The number of nitrogens with zero attached hydrogens (tertiary/aromatic N) is 1. The summed E-state index contributed by atoms with van der Waals surface area (Å²) in [5, 5.41) is 3.41. The number of fused-ring (bicyclic) bond motifs is 1. The van der Waals surface area contributed by atoms with Gasteiger partial charge in [0.05, 0.1) is 17.5 Å². The molecule has 2 heterocycles. The van der Waals surface area contributed by atoms with Crippen LogP contribution < -0.4 is 10.9 Å². The first-order valence-electron chi connectivity index (χ1n) is 12.9. The molecule has 9 nitrogen and oxygen atoms in total. The van der Waals surface area contributed by atoms with Crippen LogP contribution in [0.25, 0.3) is 22.0 Å². The Morgan fingerprint density at radius 3 is 2.44 bits per heavy atom. The number of H-pyrrole nitrogens is 1. The van der Waals surface area contributed by atoms with Gasteiger partial charge < -0.3 is 24.7 Å². The number of carbonyl (C=O) groups is 3. The molecule has 0 aliphatic carbocycles. The van der Waals surface area contributed by atoms with Gasteiger partial charge in [-0.15, -0.1) is 0 Å². The molecule has 1 aromatic heterocycles. The molecule has 1 unspecified atom stereocenters. The Morgan fingerprint density at radius 1 is 1.05 bits per heavy atom. The summed E-state index contributed by atoms with van der Waals surface area (Å²) in [5.41, 5.74) is -1.74. The molecule has 41 heavy (non-hydrogen) atoms. The van der Waals surface area contributed by atoms with Crippen molar-refractivity contribution in [3.8, 4) is 11.3 Å². The highest BCUT2D eigenvalue weighted by molar-refractivity contribution is 5.90. The molecule has 2 N–H and O–H groups in total. The van der Waals surface area contributed by atoms with Crippen LogP contribution in [0, 0.1) is 0 Å². The SMILES string of the molecule is CN(CC(=O)OCC1C[C@H](c2ccc3cc(-c4ccccc4C(F)(F)F)[nH]c(=O)c3c2)C(=O)N1)C(=O)OC(C)(C)C. The van der Waals surface area contributed by atoms with Gasteiger partial charge in [0.1, 0.15) is 18.8 Å². The number of ether oxygens (including phenoxy) is 2. The third-order valence-electron chi connectivity index (χ3n) is 6.50. The lowest BCUT2D eigenvalue weighted by Gasteiger charge is -2.24. The van der Waals surface area contributed by atoms with Gasteiger partial charge in [0.15, 0.2) is 0 Å². The van der Waals surface area contributed by atoms with Crippen LogP contribution in [0.1, 0.15) is 44.2 Å². The van der Waals surface area contributed by atoms with Crippen molar-refractivity contribution in [3.63, 3.8) is 0 Å². The largest absolute Gasteiger partial charge is 0.462 e. The van der Waals surface area contributed by atoms with E-state index in [1.54, 1.807) is 39.0 Å². The van der Waals surface area contributed by atoms with Crippen LogP contribution in [0.5, 0.6) is 0 Å². The predicted molar refractivity (Wildman–Crippen MR) is 144 cm³/mol. The summed E-state index contributed by atoms with van der Waals surface area (Å²) >= 11 is 0. The molecule has 2 aromatic carbocycles. The van der Waals surface area contributed by atoms with Crippen molar-refractivity contribution in [1.29, 1.82) is 0 Å². The molecule has 0 saturated carbocycles. The molecule has 0 bridgehead atoms. The van der Waals surface area contributed by atoms with Gasteiger partial charge in [0.2, 0.25) is 5.91 Å². The summed E-state index contributed by atoms with van der Waals surface area (Å²) in [6.45, 7) is 4.67. The number of aromatic nitrogens is 1. The van der Waals surface area contributed by atoms with Crippen molar-refractivity contribution >= 4 is 28.7 Å². The average molecular weight is 574 g/mol. The number of hydrogen-bond acceptors (Lipinski definition) is 6. The quantitative estimate of drug-likeness (QED) is 0.417. The molecule has 1 saturated heterocycles. The van der Waals surface area contributed by atoms with Crippen molar-refractivity contribution in [2.45, 2.75) is 50.9 Å². The van der Waals surface area contributed by atoms with E-state index in [9.17, 15) is 32.3 Å². The second-order valence-electron chi connectivity index (χ2n) is 10.9. The second kappa shape index (κ2) is 11.3. The first-order valence-corrected chi connectivity index (χ1v) is 12.9. The minimum absolute atomic E-state index is 0.0287. The van der Waals surface area contributed by atoms with Crippen molar-refractivity contribution in [2.24, 2.45) is 0 Å². The summed E-state index contributed by atoms with van der Waals surface area (Å²) in [4.78, 5) is 53.5. The number of amides is 2. The fourth-order valence-electron chi connectivity index (χ4n) is 4.59. The van der Waals surface area contributed by atoms with E-state index in [1.165, 1.54) is 31.3 Å². The van der Waals surface area contributed by atoms with Crippen LogP contribution in [0.2, 0.25) is 0 Å². The number of halogens is 3. The zero-order chi connectivity index (χ0) is 30.1. The topological polar surface area (TPSA) is 118 Å². The number of nitrogens with one attached hydrogen (secondary N) is 2. The average Bonchev–Trinajstić information content (AvgIpc) is 3.26. The Morgan fingerprint density at radius 2 is 1.76 bits per heavy atom. The molecule has 4 rings (SSSR count). The van der Waals surface area contributed by atoms with Gasteiger partial charge in [0, 0.05) is 23.7 Å².